The first kappa shape index (κ1) is 13.0. The third-order valence-corrected chi connectivity index (χ3v) is 4.35. The lowest BCUT2D eigenvalue weighted by atomic mass is 9.64. The number of aliphatic hydroxyl groups is 1. The summed E-state index contributed by atoms with van der Waals surface area (Å²) in [5.41, 5.74) is 2.54. The van der Waals surface area contributed by atoms with Crippen LogP contribution in [0, 0.1) is 5.41 Å². The number of benzene rings is 1. The van der Waals surface area contributed by atoms with Gasteiger partial charge in [0.2, 0.25) is 0 Å². The van der Waals surface area contributed by atoms with Crippen LogP contribution in [0.15, 0.2) is 35.1 Å². The molecule has 2 atom stereocenters. The highest BCUT2D eigenvalue weighted by Crippen LogP contribution is 2.42. The van der Waals surface area contributed by atoms with Gasteiger partial charge in [-0.3, -0.25) is 15.0 Å². The number of rotatable bonds is 3. The molecule has 3 rings (SSSR count). The molecule has 0 radical (unpaired) electrons. The second kappa shape index (κ2) is 4.52. The first-order chi connectivity index (χ1) is 9.46. The largest absolute Gasteiger partial charge is 0.392 e. The van der Waals surface area contributed by atoms with Crippen molar-refractivity contribution in [2.75, 3.05) is 5.32 Å². The van der Waals surface area contributed by atoms with Crippen molar-refractivity contribution >= 4 is 5.69 Å². The molecule has 0 aliphatic heterocycles. The van der Waals surface area contributed by atoms with E-state index in [2.05, 4.69) is 29.4 Å². The van der Waals surface area contributed by atoms with Gasteiger partial charge >= 0.3 is 0 Å². The number of H-pyrrole nitrogens is 2. The molecule has 1 aromatic heterocycles. The molecule has 1 aliphatic rings. The molecular weight excluding hydrogens is 254 g/mol. The predicted molar refractivity (Wildman–Crippen MR) is 78.7 cm³/mol. The minimum Gasteiger partial charge on any atom is -0.392 e. The fraction of sp³-hybridized carbons (Fsp3) is 0.400. The summed E-state index contributed by atoms with van der Waals surface area (Å²) in [5.74, 6) is 0. The van der Waals surface area contributed by atoms with Crippen LogP contribution >= 0.6 is 0 Å². The third-order valence-electron chi connectivity index (χ3n) is 4.35. The molecular formula is C15H19N3O2. The predicted octanol–water partition coefficient (Wildman–Crippen LogP) is 1.94. The van der Waals surface area contributed by atoms with Gasteiger partial charge in [-0.1, -0.05) is 26.0 Å². The number of hydrogen-bond donors (Lipinski definition) is 4. The molecule has 5 nitrogen and oxygen atoms in total. The average molecular weight is 273 g/mol. The summed E-state index contributed by atoms with van der Waals surface area (Å²) in [5, 5.41) is 18.5. The van der Waals surface area contributed by atoms with Crippen molar-refractivity contribution in [3.63, 3.8) is 0 Å². The summed E-state index contributed by atoms with van der Waals surface area (Å²) in [6.45, 7) is 4.13. The lowest BCUT2D eigenvalue weighted by Gasteiger charge is -2.49. The highest BCUT2D eigenvalue weighted by atomic mass is 16.3. The number of nitrogens with one attached hydrogen (secondary N) is 3. The highest BCUT2D eigenvalue weighted by Gasteiger charge is 2.47. The Morgan fingerprint density at radius 2 is 1.95 bits per heavy atom. The number of anilines is 1. The zero-order valence-corrected chi connectivity index (χ0v) is 11.6. The second-order valence-electron chi connectivity index (χ2n) is 6.02. The van der Waals surface area contributed by atoms with Crippen molar-refractivity contribution in [3.8, 4) is 11.3 Å². The first-order valence-corrected chi connectivity index (χ1v) is 6.79. The van der Waals surface area contributed by atoms with Crippen LogP contribution in [0.2, 0.25) is 0 Å². The molecule has 1 heterocycles. The van der Waals surface area contributed by atoms with E-state index < -0.39 is 0 Å². The number of aromatic amines is 2. The van der Waals surface area contributed by atoms with E-state index in [1.54, 1.807) is 0 Å². The summed E-state index contributed by atoms with van der Waals surface area (Å²) in [7, 11) is 0. The highest BCUT2D eigenvalue weighted by molar-refractivity contribution is 5.62. The minimum atomic E-state index is -0.232. The van der Waals surface area contributed by atoms with Gasteiger partial charge in [-0.15, -0.1) is 0 Å². The monoisotopic (exact) mass is 273 g/mol. The van der Waals surface area contributed by atoms with Crippen LogP contribution in [0.4, 0.5) is 5.69 Å². The topological polar surface area (TPSA) is 80.9 Å². The van der Waals surface area contributed by atoms with Gasteiger partial charge in [0.1, 0.15) is 0 Å². The maximum atomic E-state index is 11.1. The Balaban J connectivity index is 1.73. The molecule has 106 valence electrons. The summed E-state index contributed by atoms with van der Waals surface area (Å²) in [6, 6.07) is 9.72. The first-order valence-electron chi connectivity index (χ1n) is 6.79. The van der Waals surface area contributed by atoms with Gasteiger partial charge in [-0.25, -0.2) is 0 Å². The molecule has 20 heavy (non-hydrogen) atoms. The van der Waals surface area contributed by atoms with Gasteiger partial charge in [-0.05, 0) is 24.1 Å². The molecule has 0 bridgehead atoms. The van der Waals surface area contributed by atoms with Crippen LogP contribution in [0.1, 0.15) is 20.3 Å². The fourth-order valence-corrected chi connectivity index (χ4v) is 2.58. The Labute approximate surface area is 117 Å². The van der Waals surface area contributed by atoms with Crippen molar-refractivity contribution < 1.29 is 5.11 Å². The van der Waals surface area contributed by atoms with Crippen molar-refractivity contribution in [2.24, 2.45) is 5.41 Å². The molecule has 4 N–H and O–H groups in total. The Morgan fingerprint density at radius 3 is 2.45 bits per heavy atom. The third kappa shape index (κ3) is 2.14. The number of aromatic nitrogens is 2. The van der Waals surface area contributed by atoms with E-state index >= 15 is 0 Å². The maximum Gasteiger partial charge on any atom is 0.264 e. The summed E-state index contributed by atoms with van der Waals surface area (Å²) in [4.78, 5) is 11.1. The van der Waals surface area contributed by atoms with E-state index in [1.165, 1.54) is 6.07 Å². The van der Waals surface area contributed by atoms with E-state index in [-0.39, 0.29) is 23.1 Å². The maximum absolute atomic E-state index is 11.1. The van der Waals surface area contributed by atoms with E-state index in [0.717, 1.165) is 23.4 Å². The molecule has 1 aromatic carbocycles. The summed E-state index contributed by atoms with van der Waals surface area (Å²) in [6.07, 6.45) is 0.545. The molecule has 0 saturated heterocycles. The smallest absolute Gasteiger partial charge is 0.264 e. The van der Waals surface area contributed by atoms with Gasteiger partial charge in [0.05, 0.1) is 11.8 Å². The van der Waals surface area contributed by atoms with Crippen LogP contribution in [-0.2, 0) is 0 Å². The average Bonchev–Trinajstić information content (AvgIpc) is 2.86. The van der Waals surface area contributed by atoms with Gasteiger partial charge < -0.3 is 10.4 Å². The quantitative estimate of drug-likeness (QED) is 0.690. The zero-order chi connectivity index (χ0) is 14.3. The Kier molecular flexibility index (Phi) is 2.94. The van der Waals surface area contributed by atoms with Crippen molar-refractivity contribution in [1.82, 2.24) is 10.2 Å². The Morgan fingerprint density at radius 1 is 1.25 bits per heavy atom. The van der Waals surface area contributed by atoms with Crippen LogP contribution < -0.4 is 10.9 Å². The fourth-order valence-electron chi connectivity index (χ4n) is 2.58. The van der Waals surface area contributed by atoms with E-state index in [1.807, 2.05) is 24.3 Å². The van der Waals surface area contributed by atoms with E-state index in [4.69, 9.17) is 0 Å². The molecule has 0 amide bonds. The van der Waals surface area contributed by atoms with E-state index in [0.29, 0.717) is 0 Å². The lowest BCUT2D eigenvalue weighted by molar-refractivity contribution is -0.0510. The second-order valence-corrected chi connectivity index (χ2v) is 6.02. The summed E-state index contributed by atoms with van der Waals surface area (Å²) >= 11 is 0. The van der Waals surface area contributed by atoms with Crippen LogP contribution in [0.5, 0.6) is 0 Å². The van der Waals surface area contributed by atoms with Gasteiger partial charge in [0.15, 0.2) is 0 Å². The molecule has 0 spiro atoms. The zero-order valence-electron chi connectivity index (χ0n) is 11.6. The Bertz CT molecular complexity index is 654. The van der Waals surface area contributed by atoms with Crippen molar-refractivity contribution in [1.29, 1.82) is 0 Å². The van der Waals surface area contributed by atoms with Crippen molar-refractivity contribution in [2.45, 2.75) is 32.4 Å². The normalized spacial score (nSPS) is 24.1. The Hall–Kier alpha value is -2.01. The minimum absolute atomic E-state index is 0.0927. The van der Waals surface area contributed by atoms with Crippen molar-refractivity contribution in [3.05, 3.63) is 40.7 Å². The standard InChI is InChI=1S/C15H19N3O2/c1-15(2)12(8-13(15)19)16-10-5-3-9(4-6-10)11-7-14(20)18-17-11/h3-7,12-13,16,19H,8H2,1-2H3,(H2,17,18,20). The SMILES string of the molecule is CC1(C)C(O)CC1Nc1ccc(-c2cc(=O)[nH][nH]2)cc1. The van der Waals surface area contributed by atoms with Gasteiger partial charge in [-0.2, -0.15) is 0 Å². The molecule has 1 fully saturated rings. The molecule has 2 unspecified atom stereocenters. The van der Waals surface area contributed by atoms with Crippen LogP contribution in [0.3, 0.4) is 0 Å². The van der Waals surface area contributed by atoms with Crippen LogP contribution in [0.25, 0.3) is 11.3 Å². The van der Waals surface area contributed by atoms with E-state index in [9.17, 15) is 9.90 Å². The van der Waals surface area contributed by atoms with Gasteiger partial charge in [0, 0.05) is 23.2 Å². The molecule has 2 aromatic rings. The number of hydrogen-bond acceptors (Lipinski definition) is 3. The van der Waals surface area contributed by atoms with Crippen LogP contribution in [-0.4, -0.2) is 27.4 Å². The summed E-state index contributed by atoms with van der Waals surface area (Å²) < 4.78 is 0. The molecule has 1 aliphatic carbocycles. The molecule has 1 saturated carbocycles. The number of aliphatic hydroxyl groups excluding tert-OH is 1. The lowest BCUT2D eigenvalue weighted by Crippen LogP contribution is -2.56. The van der Waals surface area contributed by atoms with Gasteiger partial charge in [0.25, 0.3) is 5.56 Å². The molecule has 5 heteroatoms.